The molecule has 0 aliphatic carbocycles. The van der Waals surface area contributed by atoms with Gasteiger partial charge in [-0.3, -0.25) is 4.68 Å². The lowest BCUT2D eigenvalue weighted by atomic mass is 10.1. The summed E-state index contributed by atoms with van der Waals surface area (Å²) in [5.41, 5.74) is 0.286. The summed E-state index contributed by atoms with van der Waals surface area (Å²) in [4.78, 5) is 0. The number of hydrogen-bond acceptors (Lipinski definition) is 1. The van der Waals surface area contributed by atoms with Crippen LogP contribution in [0.1, 0.15) is 11.3 Å². The fourth-order valence-electron chi connectivity index (χ4n) is 1.64. The smallest absolute Gasteiger partial charge is 0.272 e. The van der Waals surface area contributed by atoms with Gasteiger partial charge in [0, 0.05) is 18.1 Å². The molecular formula is C10H9F3N2. The fraction of sp³-hybridized carbons (Fsp3) is 0.300. The highest BCUT2D eigenvalue weighted by atomic mass is 19.4. The zero-order valence-electron chi connectivity index (χ0n) is 8.26. The molecular weight excluding hydrogens is 205 g/mol. The van der Waals surface area contributed by atoms with Crippen molar-refractivity contribution in [3.05, 3.63) is 29.5 Å². The van der Waals surface area contributed by atoms with Gasteiger partial charge in [0.25, 0.3) is 0 Å². The van der Waals surface area contributed by atoms with Crippen LogP contribution in [0.25, 0.3) is 10.9 Å². The summed E-state index contributed by atoms with van der Waals surface area (Å²) in [6.07, 6.45) is -4.33. The van der Waals surface area contributed by atoms with Crippen molar-refractivity contribution in [2.24, 2.45) is 7.05 Å². The molecule has 2 aromatic rings. The third kappa shape index (κ3) is 1.48. The molecule has 0 bridgehead atoms. The summed E-state index contributed by atoms with van der Waals surface area (Å²) in [5, 5.41) is 4.19. The maximum absolute atomic E-state index is 12.7. The van der Waals surface area contributed by atoms with Crippen LogP contribution < -0.4 is 0 Å². The number of benzene rings is 1. The summed E-state index contributed by atoms with van der Waals surface area (Å²) in [7, 11) is 1.63. The third-order valence-corrected chi connectivity index (χ3v) is 2.45. The number of aryl methyl sites for hydroxylation is 2. The predicted octanol–water partition coefficient (Wildman–Crippen LogP) is 2.90. The molecule has 0 fully saturated rings. The van der Waals surface area contributed by atoms with Crippen molar-refractivity contribution in [1.82, 2.24) is 9.78 Å². The highest BCUT2D eigenvalue weighted by Gasteiger charge is 2.33. The van der Waals surface area contributed by atoms with E-state index in [1.54, 1.807) is 20.0 Å². The van der Waals surface area contributed by atoms with Gasteiger partial charge in [0.15, 0.2) is 0 Å². The standard InChI is InChI=1S/C10H9F3N2/c1-6-9-7(10(11,12)13)4-3-5-8(9)14-15(6)2/h3-5H,1-2H3. The van der Waals surface area contributed by atoms with Crippen LogP contribution in [0.2, 0.25) is 0 Å². The van der Waals surface area contributed by atoms with Crippen LogP contribution in [0.15, 0.2) is 18.2 Å². The van der Waals surface area contributed by atoms with Crippen molar-refractivity contribution in [3.8, 4) is 0 Å². The quantitative estimate of drug-likeness (QED) is 0.659. The summed E-state index contributed by atoms with van der Waals surface area (Å²) in [6, 6.07) is 4.03. The van der Waals surface area contributed by atoms with E-state index in [-0.39, 0.29) is 5.39 Å². The van der Waals surface area contributed by atoms with Gasteiger partial charge in [-0.05, 0) is 19.1 Å². The number of aromatic nitrogens is 2. The largest absolute Gasteiger partial charge is 0.417 e. The van der Waals surface area contributed by atoms with Crippen molar-refractivity contribution in [3.63, 3.8) is 0 Å². The third-order valence-electron chi connectivity index (χ3n) is 2.45. The number of hydrogen-bond donors (Lipinski definition) is 0. The van der Waals surface area contributed by atoms with Crippen molar-refractivity contribution in [1.29, 1.82) is 0 Å². The maximum atomic E-state index is 12.7. The summed E-state index contributed by atoms with van der Waals surface area (Å²) >= 11 is 0. The summed E-state index contributed by atoms with van der Waals surface area (Å²) in [6.45, 7) is 1.63. The minimum Gasteiger partial charge on any atom is -0.272 e. The van der Waals surface area contributed by atoms with Gasteiger partial charge >= 0.3 is 6.18 Å². The van der Waals surface area contributed by atoms with Gasteiger partial charge in [-0.2, -0.15) is 18.3 Å². The lowest BCUT2D eigenvalue weighted by Crippen LogP contribution is -2.05. The molecule has 0 radical (unpaired) electrons. The first kappa shape index (κ1) is 10.0. The Balaban J connectivity index is 2.86. The van der Waals surface area contributed by atoms with Crippen molar-refractivity contribution in [2.75, 3.05) is 0 Å². The SMILES string of the molecule is Cc1c2c(C(F)(F)F)cccc2nn1C. The van der Waals surface area contributed by atoms with E-state index < -0.39 is 11.7 Å². The van der Waals surface area contributed by atoms with Gasteiger partial charge in [0.05, 0.1) is 11.1 Å². The van der Waals surface area contributed by atoms with E-state index in [0.29, 0.717) is 11.2 Å². The van der Waals surface area contributed by atoms with Gasteiger partial charge in [0.1, 0.15) is 0 Å². The van der Waals surface area contributed by atoms with E-state index in [1.165, 1.54) is 10.7 Å². The van der Waals surface area contributed by atoms with Gasteiger partial charge in [-0.1, -0.05) is 6.07 Å². The molecule has 0 spiro atoms. The van der Waals surface area contributed by atoms with E-state index >= 15 is 0 Å². The second-order valence-electron chi connectivity index (χ2n) is 3.41. The van der Waals surface area contributed by atoms with E-state index in [9.17, 15) is 13.2 Å². The first-order chi connectivity index (χ1) is 6.91. The van der Waals surface area contributed by atoms with Crippen molar-refractivity contribution < 1.29 is 13.2 Å². The molecule has 0 saturated carbocycles. The van der Waals surface area contributed by atoms with Gasteiger partial charge in [-0.25, -0.2) is 0 Å². The van der Waals surface area contributed by atoms with E-state index in [0.717, 1.165) is 6.07 Å². The Morgan fingerprint density at radius 3 is 2.53 bits per heavy atom. The molecule has 1 heterocycles. The molecule has 5 heteroatoms. The second kappa shape index (κ2) is 2.98. The van der Waals surface area contributed by atoms with Crippen LogP contribution >= 0.6 is 0 Å². The van der Waals surface area contributed by atoms with Crippen LogP contribution in [0.4, 0.5) is 13.2 Å². The summed E-state index contributed by atoms with van der Waals surface area (Å²) < 4.78 is 39.5. The molecule has 80 valence electrons. The Kier molecular flexibility index (Phi) is 1.99. The number of rotatable bonds is 0. The topological polar surface area (TPSA) is 17.8 Å². The average Bonchev–Trinajstić information content (AvgIpc) is 2.41. The molecule has 15 heavy (non-hydrogen) atoms. The Bertz CT molecular complexity index is 511. The fourth-order valence-corrected chi connectivity index (χ4v) is 1.64. The lowest BCUT2D eigenvalue weighted by Gasteiger charge is -2.07. The molecule has 0 saturated heterocycles. The number of fused-ring (bicyclic) bond motifs is 1. The number of alkyl halides is 3. The summed E-state index contributed by atoms with van der Waals surface area (Å²) in [5.74, 6) is 0. The number of halogens is 3. The molecule has 2 nitrogen and oxygen atoms in total. The minimum atomic E-state index is -4.33. The molecule has 0 aliphatic rings. The van der Waals surface area contributed by atoms with E-state index in [1.807, 2.05) is 0 Å². The molecule has 1 aromatic heterocycles. The van der Waals surface area contributed by atoms with Crippen LogP contribution in [-0.4, -0.2) is 9.78 Å². The zero-order chi connectivity index (χ0) is 11.2. The van der Waals surface area contributed by atoms with E-state index in [4.69, 9.17) is 0 Å². The highest BCUT2D eigenvalue weighted by Crippen LogP contribution is 2.35. The molecule has 0 unspecified atom stereocenters. The normalized spacial score (nSPS) is 12.3. The van der Waals surface area contributed by atoms with Gasteiger partial charge in [-0.15, -0.1) is 0 Å². The van der Waals surface area contributed by atoms with Gasteiger partial charge < -0.3 is 0 Å². The van der Waals surface area contributed by atoms with Gasteiger partial charge in [0.2, 0.25) is 0 Å². The molecule has 0 atom stereocenters. The van der Waals surface area contributed by atoms with E-state index in [2.05, 4.69) is 5.10 Å². The Labute approximate surface area is 84.3 Å². The molecule has 0 amide bonds. The van der Waals surface area contributed by atoms with Crippen LogP contribution in [0, 0.1) is 6.92 Å². The van der Waals surface area contributed by atoms with Crippen molar-refractivity contribution >= 4 is 10.9 Å². The first-order valence-corrected chi connectivity index (χ1v) is 4.41. The molecule has 0 N–H and O–H groups in total. The number of nitrogens with zero attached hydrogens (tertiary/aromatic N) is 2. The molecule has 2 rings (SSSR count). The second-order valence-corrected chi connectivity index (χ2v) is 3.41. The zero-order valence-corrected chi connectivity index (χ0v) is 8.26. The van der Waals surface area contributed by atoms with Crippen LogP contribution in [0.3, 0.4) is 0 Å². The molecule has 1 aromatic carbocycles. The highest BCUT2D eigenvalue weighted by molar-refractivity contribution is 5.85. The minimum absolute atomic E-state index is 0.188. The maximum Gasteiger partial charge on any atom is 0.417 e. The Morgan fingerprint density at radius 1 is 1.27 bits per heavy atom. The lowest BCUT2D eigenvalue weighted by molar-refractivity contribution is -0.136. The average molecular weight is 214 g/mol. The Morgan fingerprint density at radius 2 is 1.93 bits per heavy atom. The molecule has 0 aliphatic heterocycles. The van der Waals surface area contributed by atoms with Crippen LogP contribution in [0.5, 0.6) is 0 Å². The Hall–Kier alpha value is -1.52. The van der Waals surface area contributed by atoms with Crippen molar-refractivity contribution in [2.45, 2.75) is 13.1 Å². The van der Waals surface area contributed by atoms with Crippen LogP contribution in [-0.2, 0) is 13.2 Å². The monoisotopic (exact) mass is 214 g/mol. The first-order valence-electron chi connectivity index (χ1n) is 4.41. The predicted molar refractivity (Wildman–Crippen MR) is 50.5 cm³/mol.